The zero-order chi connectivity index (χ0) is 11.8. The molecule has 0 aromatic carbocycles. The van der Waals surface area contributed by atoms with Gasteiger partial charge in [-0.15, -0.1) is 23.2 Å². The summed E-state index contributed by atoms with van der Waals surface area (Å²) in [5, 5.41) is 12.7. The zero-order valence-corrected chi connectivity index (χ0v) is 10.6. The summed E-state index contributed by atoms with van der Waals surface area (Å²) in [5.74, 6) is -0.0740. The van der Waals surface area contributed by atoms with E-state index in [2.05, 4.69) is 5.32 Å². The van der Waals surface area contributed by atoms with E-state index in [1.54, 1.807) is 13.8 Å². The Bertz CT molecular complexity index is 256. The fourth-order valence-electron chi connectivity index (χ4n) is 1.76. The van der Waals surface area contributed by atoms with Crippen LogP contribution in [0.3, 0.4) is 0 Å². The number of alkyl halides is 2. The van der Waals surface area contributed by atoms with Gasteiger partial charge in [-0.05, 0) is 26.2 Å². The van der Waals surface area contributed by atoms with Crippen molar-refractivity contribution in [3.63, 3.8) is 0 Å². The maximum Gasteiger partial charge on any atom is 0.228 e. The Balaban J connectivity index is 2.64. The molecular weight excluding hydrogens is 237 g/mol. The molecule has 1 amide bonds. The molecule has 0 aromatic rings. The summed E-state index contributed by atoms with van der Waals surface area (Å²) < 4.78 is 0. The molecule has 3 atom stereocenters. The average Bonchev–Trinajstić information content (AvgIpc) is 2.30. The van der Waals surface area contributed by atoms with Gasteiger partial charge in [0.05, 0.1) is 17.6 Å². The van der Waals surface area contributed by atoms with Gasteiger partial charge in [-0.25, -0.2) is 0 Å². The van der Waals surface area contributed by atoms with Gasteiger partial charge in [0.15, 0.2) is 0 Å². The Kier molecular flexibility index (Phi) is 3.90. The van der Waals surface area contributed by atoms with Crippen LogP contribution in [-0.4, -0.2) is 28.0 Å². The first kappa shape index (κ1) is 13.1. The van der Waals surface area contributed by atoms with Gasteiger partial charge in [-0.3, -0.25) is 4.79 Å². The van der Waals surface area contributed by atoms with Crippen molar-refractivity contribution >= 4 is 29.1 Å². The van der Waals surface area contributed by atoms with Gasteiger partial charge in [0.1, 0.15) is 4.84 Å². The van der Waals surface area contributed by atoms with E-state index in [0.717, 1.165) is 0 Å². The van der Waals surface area contributed by atoms with Gasteiger partial charge >= 0.3 is 0 Å². The minimum Gasteiger partial charge on any atom is -0.390 e. The summed E-state index contributed by atoms with van der Waals surface area (Å²) in [6.07, 6.45) is -0.0897. The lowest BCUT2D eigenvalue weighted by Gasteiger charge is -2.24. The van der Waals surface area contributed by atoms with Gasteiger partial charge in [0.2, 0.25) is 5.91 Å². The normalized spacial score (nSPS) is 31.8. The van der Waals surface area contributed by atoms with Crippen molar-refractivity contribution in [1.82, 2.24) is 5.32 Å². The summed E-state index contributed by atoms with van der Waals surface area (Å²) in [6.45, 7) is 5.36. The molecule has 3 nitrogen and oxygen atoms in total. The summed E-state index contributed by atoms with van der Waals surface area (Å²) in [6, 6.07) is -0.248. The van der Waals surface area contributed by atoms with Crippen LogP contribution in [0.15, 0.2) is 0 Å². The van der Waals surface area contributed by atoms with Gasteiger partial charge in [0, 0.05) is 0 Å². The number of halogens is 2. The predicted molar refractivity (Wildman–Crippen MR) is 61.0 cm³/mol. The third kappa shape index (κ3) is 2.58. The smallest absolute Gasteiger partial charge is 0.228 e. The Morgan fingerprint density at radius 2 is 2.07 bits per heavy atom. The van der Waals surface area contributed by atoms with Crippen LogP contribution in [0.4, 0.5) is 0 Å². The van der Waals surface area contributed by atoms with Gasteiger partial charge in [-0.1, -0.05) is 6.92 Å². The molecule has 0 spiro atoms. The van der Waals surface area contributed by atoms with Crippen molar-refractivity contribution < 1.29 is 9.90 Å². The largest absolute Gasteiger partial charge is 0.390 e. The average molecular weight is 254 g/mol. The molecular formula is C10H17Cl2NO2. The number of hydrogen-bond donors (Lipinski definition) is 2. The van der Waals surface area contributed by atoms with Gasteiger partial charge < -0.3 is 10.4 Å². The first-order valence-electron chi connectivity index (χ1n) is 5.04. The topological polar surface area (TPSA) is 49.3 Å². The van der Waals surface area contributed by atoms with Crippen molar-refractivity contribution in [2.45, 2.75) is 44.2 Å². The third-order valence-corrected chi connectivity index (χ3v) is 3.94. The molecule has 1 aliphatic heterocycles. The third-order valence-electron chi connectivity index (χ3n) is 3.08. The SMILES string of the molecule is C[C@H](C[C@H]1NC(=O)C(C)(C)[C@H]1O)C(Cl)Cl. The molecule has 15 heavy (non-hydrogen) atoms. The summed E-state index contributed by atoms with van der Waals surface area (Å²) in [5.41, 5.74) is -0.724. The zero-order valence-electron chi connectivity index (χ0n) is 9.13. The summed E-state index contributed by atoms with van der Waals surface area (Å²) in [7, 11) is 0. The Labute approximate surface area is 100 Å². The highest BCUT2D eigenvalue weighted by atomic mass is 35.5. The van der Waals surface area contributed by atoms with Crippen LogP contribution in [0.25, 0.3) is 0 Å². The molecule has 0 saturated carbocycles. The Morgan fingerprint density at radius 1 is 1.53 bits per heavy atom. The standard InChI is InChI=1S/C10H17Cl2NO2/c1-5(8(11)12)4-6-7(14)10(2,3)9(15)13-6/h5-8,14H,4H2,1-3H3,(H,13,15)/t5-,6-,7+/m1/s1. The molecule has 0 radical (unpaired) electrons. The molecule has 1 rings (SSSR count). The molecule has 88 valence electrons. The highest BCUT2D eigenvalue weighted by molar-refractivity contribution is 6.44. The van der Waals surface area contributed by atoms with Crippen LogP contribution in [0.1, 0.15) is 27.2 Å². The highest BCUT2D eigenvalue weighted by Crippen LogP contribution is 2.33. The molecule has 1 saturated heterocycles. The maximum absolute atomic E-state index is 11.5. The van der Waals surface area contributed by atoms with Crippen molar-refractivity contribution in [2.75, 3.05) is 0 Å². The molecule has 0 bridgehead atoms. The van der Waals surface area contributed by atoms with E-state index >= 15 is 0 Å². The number of nitrogens with one attached hydrogen (secondary N) is 1. The second-order valence-corrected chi connectivity index (χ2v) is 5.96. The minimum atomic E-state index is -0.724. The number of amides is 1. The number of aliphatic hydroxyl groups excluding tert-OH is 1. The van der Waals surface area contributed by atoms with Gasteiger partial charge in [0.25, 0.3) is 0 Å². The molecule has 1 heterocycles. The lowest BCUT2D eigenvalue weighted by atomic mass is 9.84. The minimum absolute atomic E-state index is 0.0437. The molecule has 0 unspecified atom stereocenters. The number of rotatable bonds is 3. The summed E-state index contributed by atoms with van der Waals surface area (Å²) in [4.78, 5) is 11.1. The molecule has 1 fully saturated rings. The first-order chi connectivity index (χ1) is 6.76. The van der Waals surface area contributed by atoms with E-state index in [-0.39, 0.29) is 17.9 Å². The van der Waals surface area contributed by atoms with Crippen molar-refractivity contribution in [2.24, 2.45) is 11.3 Å². The second-order valence-electron chi connectivity index (χ2n) is 4.79. The maximum atomic E-state index is 11.5. The van der Waals surface area contributed by atoms with E-state index < -0.39 is 16.4 Å². The summed E-state index contributed by atoms with van der Waals surface area (Å²) >= 11 is 11.5. The molecule has 0 aliphatic carbocycles. The highest BCUT2D eigenvalue weighted by Gasteiger charge is 2.48. The Morgan fingerprint density at radius 3 is 2.40 bits per heavy atom. The number of carbonyl (C=O) groups is 1. The van der Waals surface area contributed by atoms with Crippen LogP contribution in [0.5, 0.6) is 0 Å². The number of hydrogen-bond acceptors (Lipinski definition) is 2. The number of aliphatic hydroxyl groups is 1. The van der Waals surface area contributed by atoms with Crippen molar-refractivity contribution in [1.29, 1.82) is 0 Å². The van der Waals surface area contributed by atoms with Crippen LogP contribution in [-0.2, 0) is 4.79 Å². The lowest BCUT2D eigenvalue weighted by molar-refractivity contribution is -0.128. The van der Waals surface area contributed by atoms with Crippen LogP contribution < -0.4 is 5.32 Å². The van der Waals surface area contributed by atoms with E-state index in [9.17, 15) is 9.90 Å². The van der Waals surface area contributed by atoms with E-state index in [4.69, 9.17) is 23.2 Å². The van der Waals surface area contributed by atoms with E-state index in [1.807, 2.05) is 6.92 Å². The van der Waals surface area contributed by atoms with Crippen LogP contribution >= 0.6 is 23.2 Å². The molecule has 5 heteroatoms. The van der Waals surface area contributed by atoms with Crippen LogP contribution in [0.2, 0.25) is 0 Å². The molecule has 1 aliphatic rings. The number of carbonyl (C=O) groups excluding carboxylic acids is 1. The van der Waals surface area contributed by atoms with Crippen molar-refractivity contribution in [3.05, 3.63) is 0 Å². The molecule has 2 N–H and O–H groups in total. The first-order valence-corrected chi connectivity index (χ1v) is 5.91. The predicted octanol–water partition coefficient (Wildman–Crippen LogP) is 1.70. The Hall–Kier alpha value is 0.01000. The second kappa shape index (κ2) is 4.48. The fraction of sp³-hybridized carbons (Fsp3) is 0.900. The quantitative estimate of drug-likeness (QED) is 0.753. The van der Waals surface area contributed by atoms with Gasteiger partial charge in [-0.2, -0.15) is 0 Å². The van der Waals surface area contributed by atoms with E-state index in [1.165, 1.54) is 0 Å². The van der Waals surface area contributed by atoms with Crippen molar-refractivity contribution in [3.8, 4) is 0 Å². The van der Waals surface area contributed by atoms with E-state index in [0.29, 0.717) is 6.42 Å². The fourth-order valence-corrected chi connectivity index (χ4v) is 1.97. The van der Waals surface area contributed by atoms with Crippen LogP contribution in [0, 0.1) is 11.3 Å². The lowest BCUT2D eigenvalue weighted by Crippen LogP contribution is -2.36. The monoisotopic (exact) mass is 253 g/mol. The molecule has 0 aromatic heterocycles.